The summed E-state index contributed by atoms with van der Waals surface area (Å²) in [5, 5.41) is 0. The number of hydrogen-bond acceptors (Lipinski definition) is 2. The molecule has 0 aliphatic heterocycles. The van der Waals surface area contributed by atoms with Gasteiger partial charge in [0.25, 0.3) is 5.82 Å². The number of nitrogens with two attached hydrogens (primary N) is 2. The molecule has 4 nitrogen and oxygen atoms in total. The smallest absolute Gasteiger partial charge is 0.253 e. The third-order valence-corrected chi connectivity index (χ3v) is 2.00. The third-order valence-electron chi connectivity index (χ3n) is 2.00. The van der Waals surface area contributed by atoms with Crippen LogP contribution in [-0.4, -0.2) is 17.7 Å². The molecule has 4 N–H and O–H groups in total. The Bertz CT molecular complexity index is 226. The predicted molar refractivity (Wildman–Crippen MR) is 57.8 cm³/mol. The van der Waals surface area contributed by atoms with Crippen molar-refractivity contribution in [2.75, 3.05) is 13.1 Å². The number of rotatable bonds is 4. The summed E-state index contributed by atoms with van der Waals surface area (Å²) in [4.78, 5) is 0. The average Bonchev–Trinajstić information content (AvgIpc) is 2.38. The van der Waals surface area contributed by atoms with Crippen LogP contribution in [0.5, 0.6) is 0 Å². The second-order valence-corrected chi connectivity index (χ2v) is 2.81. The van der Waals surface area contributed by atoms with Crippen LogP contribution >= 0.6 is 17.0 Å². The van der Waals surface area contributed by atoms with Crippen molar-refractivity contribution in [2.24, 2.45) is 11.5 Å². The summed E-state index contributed by atoms with van der Waals surface area (Å²) in [6.45, 7) is 5.19. The van der Waals surface area contributed by atoms with Crippen LogP contribution in [-0.2, 0) is 13.1 Å². The van der Waals surface area contributed by atoms with Crippen LogP contribution < -0.4 is 33.0 Å². The van der Waals surface area contributed by atoms with Crippen molar-refractivity contribution in [3.63, 3.8) is 0 Å². The highest BCUT2D eigenvalue weighted by atomic mass is 79.9. The first kappa shape index (κ1) is 16.5. The lowest BCUT2D eigenvalue weighted by Gasteiger charge is -1.97. The SMILES string of the molecule is Br.Cc1n(CCN)cc[n+]1CCN.[Br-]. The Balaban J connectivity index is 0. The van der Waals surface area contributed by atoms with E-state index in [-0.39, 0.29) is 34.0 Å². The second-order valence-electron chi connectivity index (χ2n) is 2.81. The monoisotopic (exact) mass is 328 g/mol. The molecular weight excluding hydrogens is 312 g/mol. The zero-order valence-electron chi connectivity index (χ0n) is 8.32. The van der Waals surface area contributed by atoms with E-state index in [1.807, 2.05) is 12.4 Å². The molecule has 0 bridgehead atoms. The van der Waals surface area contributed by atoms with E-state index in [0.29, 0.717) is 13.1 Å². The van der Waals surface area contributed by atoms with Gasteiger partial charge in [0.15, 0.2) is 0 Å². The highest BCUT2D eigenvalue weighted by Crippen LogP contribution is 1.91. The zero-order chi connectivity index (χ0) is 8.97. The van der Waals surface area contributed by atoms with E-state index < -0.39 is 0 Å². The third kappa shape index (κ3) is 4.08. The van der Waals surface area contributed by atoms with Gasteiger partial charge in [-0.2, -0.15) is 0 Å². The van der Waals surface area contributed by atoms with Crippen molar-refractivity contribution in [1.29, 1.82) is 0 Å². The van der Waals surface area contributed by atoms with Crippen molar-refractivity contribution in [3.05, 3.63) is 18.2 Å². The Kier molecular flexibility index (Phi) is 9.91. The fraction of sp³-hybridized carbons (Fsp3) is 0.625. The molecule has 14 heavy (non-hydrogen) atoms. The minimum atomic E-state index is 0. The molecule has 0 aliphatic rings. The molecule has 0 spiro atoms. The van der Waals surface area contributed by atoms with Crippen LogP contribution in [0.4, 0.5) is 0 Å². The van der Waals surface area contributed by atoms with Gasteiger partial charge in [0.1, 0.15) is 25.5 Å². The molecule has 1 heterocycles. The Labute approximate surface area is 106 Å². The van der Waals surface area contributed by atoms with E-state index in [4.69, 9.17) is 11.5 Å². The van der Waals surface area contributed by atoms with E-state index in [9.17, 15) is 0 Å². The van der Waals surface area contributed by atoms with Crippen molar-refractivity contribution in [3.8, 4) is 0 Å². The molecule has 0 aromatic carbocycles. The summed E-state index contributed by atoms with van der Waals surface area (Å²) < 4.78 is 4.27. The molecule has 0 radical (unpaired) electrons. The highest BCUT2D eigenvalue weighted by Gasteiger charge is 2.09. The van der Waals surface area contributed by atoms with E-state index in [0.717, 1.165) is 13.1 Å². The molecule has 84 valence electrons. The first-order chi connectivity index (χ1) is 5.79. The summed E-state index contributed by atoms with van der Waals surface area (Å²) in [6, 6.07) is 0. The Hall–Kier alpha value is 0.0900. The first-order valence-corrected chi connectivity index (χ1v) is 4.25. The number of nitrogens with zero attached hydrogens (tertiary/aromatic N) is 2. The van der Waals surface area contributed by atoms with Crippen LogP contribution in [0.3, 0.4) is 0 Å². The van der Waals surface area contributed by atoms with Gasteiger partial charge in [0.2, 0.25) is 0 Å². The number of halogens is 2. The maximum Gasteiger partial charge on any atom is 0.253 e. The second kappa shape index (κ2) is 8.40. The first-order valence-electron chi connectivity index (χ1n) is 4.25. The highest BCUT2D eigenvalue weighted by molar-refractivity contribution is 8.93. The lowest BCUT2D eigenvalue weighted by atomic mass is 10.5. The number of hydrogen-bond donors (Lipinski definition) is 2. The molecule has 1 aromatic heterocycles. The van der Waals surface area contributed by atoms with Crippen LogP contribution in [0.2, 0.25) is 0 Å². The van der Waals surface area contributed by atoms with Gasteiger partial charge < -0.3 is 28.4 Å². The molecular formula is C8H18Br2N4. The molecule has 0 unspecified atom stereocenters. The largest absolute Gasteiger partial charge is 1.00 e. The van der Waals surface area contributed by atoms with E-state index in [1.165, 1.54) is 5.82 Å². The minimum Gasteiger partial charge on any atom is -1.00 e. The Morgan fingerprint density at radius 2 is 2.00 bits per heavy atom. The number of aromatic nitrogens is 2. The van der Waals surface area contributed by atoms with Gasteiger partial charge in [0.05, 0.1) is 0 Å². The van der Waals surface area contributed by atoms with Gasteiger partial charge in [-0.3, -0.25) is 0 Å². The normalized spacial score (nSPS) is 9.07. The standard InChI is InChI=1S/C8H17N4.2BrH/c1-8-11(4-2-9)6-7-12(8)5-3-10;;/h6-7H,2-5,9-10H2,1H3;2*1H/q+1;;/p-1. The predicted octanol–water partition coefficient (Wildman–Crippen LogP) is -3.42. The van der Waals surface area contributed by atoms with Crippen molar-refractivity contribution in [2.45, 2.75) is 20.0 Å². The lowest BCUT2D eigenvalue weighted by Crippen LogP contribution is -3.00. The lowest BCUT2D eigenvalue weighted by molar-refractivity contribution is -0.700. The molecule has 6 heteroatoms. The van der Waals surface area contributed by atoms with Gasteiger partial charge in [-0.15, -0.1) is 17.0 Å². The van der Waals surface area contributed by atoms with E-state index in [2.05, 4.69) is 16.1 Å². The Morgan fingerprint density at radius 3 is 2.50 bits per heavy atom. The van der Waals surface area contributed by atoms with Crippen molar-refractivity contribution in [1.82, 2.24) is 4.57 Å². The van der Waals surface area contributed by atoms with Crippen LogP contribution in [0.1, 0.15) is 5.82 Å². The summed E-state index contributed by atoms with van der Waals surface area (Å²) in [5.74, 6) is 1.21. The molecule has 1 rings (SSSR count). The molecule has 1 aromatic rings. The van der Waals surface area contributed by atoms with Crippen LogP contribution in [0.15, 0.2) is 12.4 Å². The zero-order valence-corrected chi connectivity index (χ0v) is 11.6. The molecule has 0 atom stereocenters. The molecule has 0 fully saturated rings. The molecule has 0 amide bonds. The maximum atomic E-state index is 5.46. The van der Waals surface area contributed by atoms with Gasteiger partial charge >= 0.3 is 0 Å². The number of imidazole rings is 1. The minimum absolute atomic E-state index is 0. The Morgan fingerprint density at radius 1 is 1.36 bits per heavy atom. The quantitative estimate of drug-likeness (QED) is 0.565. The fourth-order valence-electron chi connectivity index (χ4n) is 1.29. The van der Waals surface area contributed by atoms with Crippen LogP contribution in [0.25, 0.3) is 0 Å². The van der Waals surface area contributed by atoms with Gasteiger partial charge in [0, 0.05) is 20.0 Å². The molecule has 0 saturated heterocycles. The van der Waals surface area contributed by atoms with Gasteiger partial charge in [-0.25, -0.2) is 9.13 Å². The summed E-state index contributed by atoms with van der Waals surface area (Å²) in [6.07, 6.45) is 4.08. The summed E-state index contributed by atoms with van der Waals surface area (Å²) in [5.41, 5.74) is 10.9. The maximum absolute atomic E-state index is 5.46. The molecule has 0 aliphatic carbocycles. The average molecular weight is 330 g/mol. The topological polar surface area (TPSA) is 60.8 Å². The van der Waals surface area contributed by atoms with Crippen LogP contribution in [0, 0.1) is 6.92 Å². The fourth-order valence-corrected chi connectivity index (χ4v) is 1.29. The van der Waals surface area contributed by atoms with Crippen molar-refractivity contribution < 1.29 is 21.5 Å². The summed E-state index contributed by atoms with van der Waals surface area (Å²) >= 11 is 0. The van der Waals surface area contributed by atoms with Crippen molar-refractivity contribution >= 4 is 17.0 Å². The van der Waals surface area contributed by atoms with E-state index >= 15 is 0 Å². The molecule has 0 saturated carbocycles. The van der Waals surface area contributed by atoms with E-state index in [1.54, 1.807) is 0 Å². The summed E-state index contributed by atoms with van der Waals surface area (Å²) in [7, 11) is 0. The van der Waals surface area contributed by atoms with Gasteiger partial charge in [-0.1, -0.05) is 0 Å². The van der Waals surface area contributed by atoms with Gasteiger partial charge in [-0.05, 0) is 0 Å².